The molecule has 0 bridgehead atoms. The predicted octanol–water partition coefficient (Wildman–Crippen LogP) is 4.94. The summed E-state index contributed by atoms with van der Waals surface area (Å²) in [5.74, 6) is -0.216. The third-order valence-electron chi connectivity index (χ3n) is 5.43. The molecule has 1 heterocycles. The van der Waals surface area contributed by atoms with Gasteiger partial charge in [-0.2, -0.15) is 0 Å². The Morgan fingerprint density at radius 1 is 1.05 bits per heavy atom. The van der Waals surface area contributed by atoms with Crippen molar-refractivity contribution in [3.8, 4) is 5.75 Å². The highest BCUT2D eigenvalue weighted by Gasteiger charge is 2.22. The van der Waals surface area contributed by atoms with E-state index in [4.69, 9.17) is 17.3 Å². The second-order valence-electron chi connectivity index (χ2n) is 8.34. The minimum absolute atomic E-state index is 0. The summed E-state index contributed by atoms with van der Waals surface area (Å²) in [6, 6.07) is 15.4. The lowest BCUT2D eigenvalue weighted by molar-refractivity contribution is -0.119. The first kappa shape index (κ1) is 27.9. The van der Waals surface area contributed by atoms with Crippen LogP contribution < -0.4 is 15.8 Å². The Bertz CT molecular complexity index is 1580. The zero-order valence-electron chi connectivity index (χ0n) is 19.5. The molecule has 9 nitrogen and oxygen atoms in total. The summed E-state index contributed by atoms with van der Waals surface area (Å²) in [6.45, 7) is 3.24. The fourth-order valence-electron chi connectivity index (χ4n) is 3.48. The van der Waals surface area contributed by atoms with E-state index in [1.807, 2.05) is 0 Å². The van der Waals surface area contributed by atoms with Crippen molar-refractivity contribution >= 4 is 55.8 Å². The molecule has 0 spiro atoms. The van der Waals surface area contributed by atoms with Crippen molar-refractivity contribution < 1.29 is 18.3 Å². The van der Waals surface area contributed by atoms with E-state index >= 15 is 0 Å². The minimum atomic E-state index is -4.14. The number of carbonyl (C=O) groups excluding carboxylic acids is 1. The Balaban J connectivity index is 0.00000380. The molecule has 1 atom stereocenters. The van der Waals surface area contributed by atoms with Crippen LogP contribution in [0.1, 0.15) is 25.5 Å². The van der Waals surface area contributed by atoms with E-state index in [0.29, 0.717) is 32.9 Å². The van der Waals surface area contributed by atoms with Gasteiger partial charge in [-0.25, -0.2) is 18.4 Å². The van der Waals surface area contributed by atoms with Gasteiger partial charge in [0, 0.05) is 12.5 Å². The number of hydrogen-bond donors (Lipinski definition) is 4. The molecule has 4 rings (SSSR count). The SMILES string of the molecule is C.Cc1ccc(CC(=O)[C@H](C)N)cc1S(=O)(=O)Nc1nc2ccccc2nc1Nc1cc(O)ccc1Cl. The van der Waals surface area contributed by atoms with Gasteiger partial charge in [-0.3, -0.25) is 9.52 Å². The molecule has 0 fully saturated rings. The molecule has 0 aliphatic carbocycles. The van der Waals surface area contributed by atoms with E-state index in [2.05, 4.69) is 20.0 Å². The maximum Gasteiger partial charge on any atom is 0.263 e. The first-order chi connectivity index (χ1) is 17.0. The Morgan fingerprint density at radius 3 is 2.35 bits per heavy atom. The Kier molecular flexibility index (Phi) is 8.37. The van der Waals surface area contributed by atoms with Crippen molar-refractivity contribution in [2.45, 2.75) is 38.6 Å². The van der Waals surface area contributed by atoms with Gasteiger partial charge < -0.3 is 16.2 Å². The number of phenols is 1. The number of nitrogens with one attached hydrogen (secondary N) is 2. The molecule has 5 N–H and O–H groups in total. The number of benzene rings is 3. The fourth-order valence-corrected chi connectivity index (χ4v) is 4.95. The number of rotatable bonds is 8. The summed E-state index contributed by atoms with van der Waals surface area (Å²) >= 11 is 6.25. The maximum absolute atomic E-state index is 13.5. The van der Waals surface area contributed by atoms with Crippen molar-refractivity contribution in [2.24, 2.45) is 5.73 Å². The standard InChI is InChI=1S/C25H24ClN5O4S.CH4/c1-14-7-8-16(11-22(33)15(2)27)12-23(14)36(34,35)31-25-24(28-19-5-3-4-6-20(19)29-25)30-21-13-17(32)9-10-18(21)26;/h3-10,12-13,15,32H,11,27H2,1-2H3,(H,28,30)(H,29,31);1H4/t15-;/m0./s1. The van der Waals surface area contributed by atoms with Crippen LogP contribution in [0.25, 0.3) is 11.0 Å². The first-order valence-electron chi connectivity index (χ1n) is 11.0. The number of Topliss-reactive ketones (excluding diaryl/α,β-unsaturated/α-hetero) is 1. The molecule has 37 heavy (non-hydrogen) atoms. The molecule has 11 heteroatoms. The topological polar surface area (TPSA) is 147 Å². The third kappa shape index (κ3) is 6.34. The van der Waals surface area contributed by atoms with Crippen molar-refractivity contribution in [3.05, 3.63) is 76.8 Å². The molecule has 0 saturated carbocycles. The summed E-state index contributed by atoms with van der Waals surface area (Å²) in [7, 11) is -4.14. The molecule has 194 valence electrons. The van der Waals surface area contributed by atoms with Crippen LogP contribution in [0.5, 0.6) is 5.75 Å². The number of fused-ring (bicyclic) bond motifs is 1. The minimum Gasteiger partial charge on any atom is -0.508 e. The Labute approximate surface area is 220 Å². The lowest BCUT2D eigenvalue weighted by Crippen LogP contribution is -2.28. The summed E-state index contributed by atoms with van der Waals surface area (Å²) < 4.78 is 29.5. The van der Waals surface area contributed by atoms with Crippen LogP contribution in [0, 0.1) is 6.92 Å². The van der Waals surface area contributed by atoms with Crippen LogP contribution in [-0.2, 0) is 21.2 Å². The van der Waals surface area contributed by atoms with Gasteiger partial charge in [-0.05, 0) is 55.3 Å². The summed E-state index contributed by atoms with van der Waals surface area (Å²) in [4.78, 5) is 21.1. The highest BCUT2D eigenvalue weighted by Crippen LogP contribution is 2.32. The second-order valence-corrected chi connectivity index (χ2v) is 10.4. The average Bonchev–Trinajstić information content (AvgIpc) is 2.82. The number of aromatic hydroxyl groups is 1. The van der Waals surface area contributed by atoms with Crippen LogP contribution in [0.4, 0.5) is 17.3 Å². The van der Waals surface area contributed by atoms with Gasteiger partial charge in [0.25, 0.3) is 10.0 Å². The Morgan fingerprint density at radius 2 is 1.70 bits per heavy atom. The number of hydrogen-bond acceptors (Lipinski definition) is 8. The Hall–Kier alpha value is -3.73. The number of anilines is 3. The number of aryl methyl sites for hydroxylation is 1. The molecule has 0 radical (unpaired) electrons. The van der Waals surface area contributed by atoms with Gasteiger partial charge >= 0.3 is 0 Å². The first-order valence-corrected chi connectivity index (χ1v) is 12.8. The number of halogens is 1. The average molecular weight is 542 g/mol. The van der Waals surface area contributed by atoms with Crippen LogP contribution in [-0.4, -0.2) is 35.3 Å². The fraction of sp³-hybridized carbons (Fsp3) is 0.192. The van der Waals surface area contributed by atoms with Gasteiger partial charge in [-0.15, -0.1) is 0 Å². The molecule has 3 aromatic carbocycles. The smallest absolute Gasteiger partial charge is 0.263 e. The normalized spacial score (nSPS) is 12.0. The van der Waals surface area contributed by atoms with E-state index in [9.17, 15) is 18.3 Å². The highest BCUT2D eigenvalue weighted by atomic mass is 35.5. The van der Waals surface area contributed by atoms with Crippen molar-refractivity contribution in [1.82, 2.24) is 9.97 Å². The van der Waals surface area contributed by atoms with Gasteiger partial charge in [-0.1, -0.05) is 43.3 Å². The number of phenolic OH excluding ortho intramolecular Hbond substituents is 1. The highest BCUT2D eigenvalue weighted by molar-refractivity contribution is 7.92. The van der Waals surface area contributed by atoms with Gasteiger partial charge in [0.05, 0.1) is 32.7 Å². The van der Waals surface area contributed by atoms with Crippen LogP contribution in [0.2, 0.25) is 5.02 Å². The summed E-state index contributed by atoms with van der Waals surface area (Å²) in [6.07, 6.45) is 0.0129. The summed E-state index contributed by atoms with van der Waals surface area (Å²) in [5.41, 5.74) is 7.97. The monoisotopic (exact) mass is 541 g/mol. The number of carbonyl (C=O) groups is 1. The van der Waals surface area contributed by atoms with Crippen molar-refractivity contribution in [1.29, 1.82) is 0 Å². The molecule has 0 saturated heterocycles. The quantitative estimate of drug-likeness (QED) is 0.245. The van der Waals surface area contributed by atoms with E-state index < -0.39 is 16.1 Å². The van der Waals surface area contributed by atoms with Gasteiger partial charge in [0.15, 0.2) is 17.4 Å². The van der Waals surface area contributed by atoms with Crippen LogP contribution >= 0.6 is 11.6 Å². The zero-order chi connectivity index (χ0) is 26.0. The van der Waals surface area contributed by atoms with Crippen molar-refractivity contribution in [2.75, 3.05) is 10.0 Å². The number of aromatic nitrogens is 2. The number of ketones is 1. The van der Waals surface area contributed by atoms with E-state index in [1.54, 1.807) is 50.2 Å². The zero-order valence-corrected chi connectivity index (χ0v) is 21.1. The molecule has 0 aliphatic rings. The number of sulfonamides is 1. The molecular formula is C26H28ClN5O4S. The number of nitrogens with zero attached hydrogens (tertiary/aromatic N) is 2. The lowest BCUT2D eigenvalue weighted by atomic mass is 10.0. The lowest BCUT2D eigenvalue weighted by Gasteiger charge is -2.16. The van der Waals surface area contributed by atoms with Gasteiger partial charge in [0.2, 0.25) is 0 Å². The van der Waals surface area contributed by atoms with E-state index in [0.717, 1.165) is 0 Å². The molecule has 0 amide bonds. The maximum atomic E-state index is 13.5. The molecule has 1 aromatic heterocycles. The van der Waals surface area contributed by atoms with E-state index in [-0.39, 0.29) is 41.9 Å². The largest absolute Gasteiger partial charge is 0.508 e. The van der Waals surface area contributed by atoms with Crippen LogP contribution in [0.15, 0.2) is 65.6 Å². The number of para-hydroxylation sites is 2. The van der Waals surface area contributed by atoms with Crippen LogP contribution in [0.3, 0.4) is 0 Å². The van der Waals surface area contributed by atoms with E-state index in [1.165, 1.54) is 24.3 Å². The third-order valence-corrected chi connectivity index (χ3v) is 7.24. The van der Waals surface area contributed by atoms with Gasteiger partial charge in [0.1, 0.15) is 5.75 Å². The summed E-state index contributed by atoms with van der Waals surface area (Å²) in [5, 5.41) is 13.1. The molecule has 0 aliphatic heterocycles. The second kappa shape index (κ2) is 11.1. The van der Waals surface area contributed by atoms with Crippen molar-refractivity contribution in [3.63, 3.8) is 0 Å². The molecule has 4 aromatic rings. The molecule has 0 unspecified atom stereocenters. The molecular weight excluding hydrogens is 514 g/mol. The predicted molar refractivity (Wildman–Crippen MR) is 147 cm³/mol. The number of nitrogens with two attached hydrogens (primary N) is 1.